The van der Waals surface area contributed by atoms with Gasteiger partial charge in [0.15, 0.2) is 11.5 Å². The SMILES string of the molecule is CCC(C(=O)NCc1ccc2c(c1)OCO2)N(c1ccc(C)c(C)c1)S(C)(=O)=O. The minimum atomic E-state index is -3.66. The summed E-state index contributed by atoms with van der Waals surface area (Å²) in [4.78, 5) is 12.9. The molecule has 3 rings (SSSR count). The Labute approximate surface area is 171 Å². The van der Waals surface area contributed by atoms with E-state index in [1.165, 1.54) is 4.31 Å². The summed E-state index contributed by atoms with van der Waals surface area (Å²) in [6.45, 7) is 6.11. The molecular weight excluding hydrogens is 392 g/mol. The molecule has 1 unspecified atom stereocenters. The van der Waals surface area contributed by atoms with Gasteiger partial charge in [-0.2, -0.15) is 0 Å². The molecule has 0 bridgehead atoms. The number of benzene rings is 2. The van der Waals surface area contributed by atoms with Gasteiger partial charge in [0.1, 0.15) is 6.04 Å². The lowest BCUT2D eigenvalue weighted by Crippen LogP contribution is -2.49. The number of nitrogens with zero attached hydrogens (tertiary/aromatic N) is 1. The van der Waals surface area contributed by atoms with Crippen LogP contribution < -0.4 is 19.1 Å². The smallest absolute Gasteiger partial charge is 0.244 e. The van der Waals surface area contributed by atoms with Crippen LogP contribution in [0.4, 0.5) is 5.69 Å². The van der Waals surface area contributed by atoms with Crippen LogP contribution in [0.5, 0.6) is 11.5 Å². The van der Waals surface area contributed by atoms with Crippen molar-refractivity contribution in [2.24, 2.45) is 0 Å². The van der Waals surface area contributed by atoms with Gasteiger partial charge in [0.05, 0.1) is 11.9 Å². The fraction of sp³-hybridized carbons (Fsp3) is 0.381. The molecule has 29 heavy (non-hydrogen) atoms. The largest absolute Gasteiger partial charge is 0.454 e. The highest BCUT2D eigenvalue weighted by Gasteiger charge is 2.31. The Morgan fingerprint density at radius 3 is 2.48 bits per heavy atom. The summed E-state index contributed by atoms with van der Waals surface area (Å²) in [5.74, 6) is 0.954. The third kappa shape index (κ3) is 4.64. The number of carbonyl (C=O) groups is 1. The van der Waals surface area contributed by atoms with Crippen LogP contribution in [0.1, 0.15) is 30.0 Å². The maximum atomic E-state index is 12.9. The van der Waals surface area contributed by atoms with E-state index in [4.69, 9.17) is 9.47 Å². The molecule has 1 atom stereocenters. The number of nitrogens with one attached hydrogen (secondary N) is 1. The second kappa shape index (κ2) is 8.32. The second-order valence-corrected chi connectivity index (χ2v) is 9.02. The molecule has 8 heteroatoms. The molecule has 0 radical (unpaired) electrons. The number of carbonyl (C=O) groups excluding carboxylic acids is 1. The minimum Gasteiger partial charge on any atom is -0.454 e. The Bertz CT molecular complexity index is 1020. The summed E-state index contributed by atoms with van der Waals surface area (Å²) in [6.07, 6.45) is 1.46. The van der Waals surface area contributed by atoms with Crippen LogP contribution in [0.2, 0.25) is 0 Å². The average molecular weight is 419 g/mol. The predicted molar refractivity (Wildman–Crippen MR) is 112 cm³/mol. The van der Waals surface area contributed by atoms with Crippen molar-refractivity contribution in [1.29, 1.82) is 0 Å². The standard InChI is InChI=1S/C21H26N2O5S/c1-5-18(23(29(4,25)26)17-8-6-14(2)15(3)10-17)21(24)22-12-16-7-9-19-20(11-16)28-13-27-19/h6-11,18H,5,12-13H2,1-4H3,(H,22,24). The summed E-state index contributed by atoms with van der Waals surface area (Å²) >= 11 is 0. The number of amides is 1. The lowest BCUT2D eigenvalue weighted by Gasteiger charge is -2.30. The van der Waals surface area contributed by atoms with Gasteiger partial charge in [-0.15, -0.1) is 0 Å². The molecule has 1 N–H and O–H groups in total. The number of sulfonamides is 1. The van der Waals surface area contributed by atoms with Gasteiger partial charge in [-0.3, -0.25) is 9.10 Å². The van der Waals surface area contributed by atoms with Gasteiger partial charge < -0.3 is 14.8 Å². The third-order valence-corrected chi connectivity index (χ3v) is 6.16. The molecule has 156 valence electrons. The lowest BCUT2D eigenvalue weighted by molar-refractivity contribution is -0.122. The maximum Gasteiger partial charge on any atom is 0.244 e. The molecular formula is C21H26N2O5S. The van der Waals surface area contributed by atoms with Crippen LogP contribution >= 0.6 is 0 Å². The quantitative estimate of drug-likeness (QED) is 0.747. The molecule has 1 aliphatic rings. The normalized spacial score (nSPS) is 13.8. The number of fused-ring (bicyclic) bond motifs is 1. The van der Waals surface area contributed by atoms with Gasteiger partial charge in [-0.1, -0.05) is 19.1 Å². The maximum absolute atomic E-state index is 12.9. The number of hydrogen-bond donors (Lipinski definition) is 1. The van der Waals surface area contributed by atoms with E-state index in [0.717, 1.165) is 22.9 Å². The molecule has 1 amide bonds. The zero-order valence-electron chi connectivity index (χ0n) is 17.1. The van der Waals surface area contributed by atoms with Crippen LogP contribution in [0.3, 0.4) is 0 Å². The van der Waals surface area contributed by atoms with Gasteiger partial charge in [-0.25, -0.2) is 8.42 Å². The first-order valence-electron chi connectivity index (χ1n) is 9.43. The first-order valence-corrected chi connectivity index (χ1v) is 11.3. The lowest BCUT2D eigenvalue weighted by atomic mass is 10.1. The number of hydrogen-bond acceptors (Lipinski definition) is 5. The summed E-state index contributed by atoms with van der Waals surface area (Å²) in [7, 11) is -3.66. The first kappa shape index (κ1) is 21.0. The number of rotatable bonds is 7. The summed E-state index contributed by atoms with van der Waals surface area (Å²) in [5, 5.41) is 2.85. The van der Waals surface area contributed by atoms with E-state index in [0.29, 0.717) is 23.6 Å². The number of anilines is 1. The Kier molecular flexibility index (Phi) is 6.02. The van der Waals surface area contributed by atoms with Crippen molar-refractivity contribution in [2.45, 2.75) is 39.8 Å². The topological polar surface area (TPSA) is 84.9 Å². The van der Waals surface area contributed by atoms with Gasteiger partial charge >= 0.3 is 0 Å². The van der Waals surface area contributed by atoms with E-state index < -0.39 is 16.1 Å². The van der Waals surface area contributed by atoms with Gasteiger partial charge in [0.25, 0.3) is 0 Å². The van der Waals surface area contributed by atoms with Crippen molar-refractivity contribution >= 4 is 21.6 Å². The summed E-state index contributed by atoms with van der Waals surface area (Å²) in [6, 6.07) is 9.98. The molecule has 0 saturated carbocycles. The monoisotopic (exact) mass is 418 g/mol. The molecule has 1 aliphatic heterocycles. The molecule has 1 heterocycles. The van der Waals surface area contributed by atoms with Crippen molar-refractivity contribution in [1.82, 2.24) is 5.32 Å². The zero-order chi connectivity index (χ0) is 21.2. The predicted octanol–water partition coefficient (Wildman–Crippen LogP) is 2.89. The Hall–Kier alpha value is -2.74. The Morgan fingerprint density at radius 1 is 1.10 bits per heavy atom. The van der Waals surface area contributed by atoms with Crippen LogP contribution in [0, 0.1) is 13.8 Å². The molecule has 0 aliphatic carbocycles. The third-order valence-electron chi connectivity index (χ3n) is 4.98. The van der Waals surface area contributed by atoms with Crippen molar-refractivity contribution in [2.75, 3.05) is 17.4 Å². The molecule has 0 saturated heterocycles. The fourth-order valence-corrected chi connectivity index (χ4v) is 4.48. The van der Waals surface area contributed by atoms with Crippen LogP contribution in [0.15, 0.2) is 36.4 Å². The summed E-state index contributed by atoms with van der Waals surface area (Å²) < 4.78 is 36.9. The van der Waals surface area contributed by atoms with Gasteiger partial charge in [0, 0.05) is 6.54 Å². The van der Waals surface area contributed by atoms with Crippen molar-refractivity contribution in [3.63, 3.8) is 0 Å². The summed E-state index contributed by atoms with van der Waals surface area (Å²) in [5.41, 5.74) is 3.35. The van der Waals surface area contributed by atoms with Crippen molar-refractivity contribution in [3.05, 3.63) is 53.1 Å². The van der Waals surface area contributed by atoms with Crippen LogP contribution in [0.25, 0.3) is 0 Å². The van der Waals surface area contributed by atoms with Crippen LogP contribution in [-0.2, 0) is 21.4 Å². The van der Waals surface area contributed by atoms with E-state index in [1.54, 1.807) is 31.2 Å². The highest BCUT2D eigenvalue weighted by molar-refractivity contribution is 7.92. The average Bonchev–Trinajstić information content (AvgIpc) is 3.13. The first-order chi connectivity index (χ1) is 13.7. The highest BCUT2D eigenvalue weighted by atomic mass is 32.2. The van der Waals surface area contributed by atoms with Crippen molar-refractivity contribution < 1.29 is 22.7 Å². The second-order valence-electron chi connectivity index (χ2n) is 7.16. The van der Waals surface area contributed by atoms with E-state index >= 15 is 0 Å². The molecule has 2 aromatic rings. The van der Waals surface area contributed by atoms with E-state index in [9.17, 15) is 13.2 Å². The fourth-order valence-electron chi connectivity index (χ4n) is 3.28. The van der Waals surface area contributed by atoms with Crippen molar-refractivity contribution in [3.8, 4) is 11.5 Å². The molecule has 0 aromatic heterocycles. The van der Waals surface area contributed by atoms with E-state index in [-0.39, 0.29) is 19.2 Å². The molecule has 0 fully saturated rings. The molecule has 2 aromatic carbocycles. The molecule has 7 nitrogen and oxygen atoms in total. The Balaban J connectivity index is 1.80. The minimum absolute atomic E-state index is 0.183. The number of ether oxygens (including phenoxy) is 2. The van der Waals surface area contributed by atoms with E-state index in [1.807, 2.05) is 26.0 Å². The highest BCUT2D eigenvalue weighted by Crippen LogP contribution is 2.32. The zero-order valence-corrected chi connectivity index (χ0v) is 17.9. The van der Waals surface area contributed by atoms with Crippen LogP contribution in [-0.4, -0.2) is 33.4 Å². The van der Waals surface area contributed by atoms with Gasteiger partial charge in [0.2, 0.25) is 22.7 Å². The van der Waals surface area contributed by atoms with E-state index in [2.05, 4.69) is 5.32 Å². The van der Waals surface area contributed by atoms with Gasteiger partial charge in [-0.05, 0) is 61.2 Å². The Morgan fingerprint density at radius 2 is 1.83 bits per heavy atom. The molecule has 0 spiro atoms. The number of aryl methyl sites for hydroxylation is 2.